The number of halogens is 2. The maximum atomic E-state index is 6.19. The van der Waals surface area contributed by atoms with Crippen molar-refractivity contribution >= 4 is 40.8 Å². The molecule has 0 saturated heterocycles. The van der Waals surface area contributed by atoms with E-state index in [9.17, 15) is 0 Å². The number of hydrogen-bond donors (Lipinski definition) is 1. The van der Waals surface area contributed by atoms with Gasteiger partial charge in [0, 0.05) is 0 Å². The molecule has 6 heteroatoms. The molecule has 0 radical (unpaired) electrons. The molecule has 0 aliphatic rings. The largest absolute Gasteiger partial charge is 0.362 e. The molecule has 1 unspecified atom stereocenters. The summed E-state index contributed by atoms with van der Waals surface area (Å²) in [4.78, 5) is 0. The molecule has 1 aromatic carbocycles. The predicted octanol–water partition coefficient (Wildman–Crippen LogP) is 4.68. The maximum Gasteiger partial charge on any atom is 0.149 e. The van der Waals surface area contributed by atoms with Gasteiger partial charge in [-0.2, -0.15) is 0 Å². The molecule has 0 fully saturated rings. The van der Waals surface area contributed by atoms with E-state index < -0.39 is 0 Å². The number of nitrogens with one attached hydrogen (secondary N) is 1. The van der Waals surface area contributed by atoms with Crippen LogP contribution in [0.3, 0.4) is 0 Å². The topological polar surface area (TPSA) is 37.8 Å². The van der Waals surface area contributed by atoms with Gasteiger partial charge in [0.2, 0.25) is 0 Å². The van der Waals surface area contributed by atoms with Crippen molar-refractivity contribution in [3.05, 3.63) is 45.9 Å². The quantitative estimate of drug-likeness (QED) is 0.832. The van der Waals surface area contributed by atoms with Crippen molar-refractivity contribution in [3.8, 4) is 0 Å². The minimum absolute atomic E-state index is 0.000583. The van der Waals surface area contributed by atoms with Crippen LogP contribution in [0.25, 0.3) is 0 Å². The first-order chi connectivity index (χ1) is 9.11. The fourth-order valence-electron chi connectivity index (χ4n) is 1.66. The second-order valence-electron chi connectivity index (χ2n) is 3.97. The lowest BCUT2D eigenvalue weighted by atomic mass is 10.1. The number of aromatic nitrogens is 2. The number of thioether (sulfide) groups is 1. The molecule has 1 atom stereocenters. The molecule has 0 spiro atoms. The molecule has 1 heterocycles. The van der Waals surface area contributed by atoms with E-state index in [1.807, 2.05) is 37.4 Å². The van der Waals surface area contributed by atoms with Crippen molar-refractivity contribution in [2.24, 2.45) is 0 Å². The predicted molar refractivity (Wildman–Crippen MR) is 82.3 cm³/mol. The maximum absolute atomic E-state index is 6.19. The Balaban J connectivity index is 2.15. The molecule has 0 aliphatic carbocycles. The molecule has 0 saturated carbocycles. The molecular weight excluding hydrogens is 301 g/mol. The Morgan fingerprint density at radius 3 is 2.58 bits per heavy atom. The number of nitrogens with zero attached hydrogens (tertiary/aromatic N) is 2. The summed E-state index contributed by atoms with van der Waals surface area (Å²) in [6, 6.07) is 9.41. The third kappa shape index (κ3) is 3.53. The monoisotopic (exact) mass is 313 g/mol. The van der Waals surface area contributed by atoms with Crippen molar-refractivity contribution in [1.29, 1.82) is 0 Å². The van der Waals surface area contributed by atoms with Crippen molar-refractivity contribution in [2.75, 3.05) is 11.6 Å². The van der Waals surface area contributed by atoms with E-state index in [1.54, 1.807) is 17.8 Å². The Morgan fingerprint density at radius 2 is 1.95 bits per heavy atom. The van der Waals surface area contributed by atoms with Gasteiger partial charge in [0.1, 0.15) is 10.8 Å². The highest BCUT2D eigenvalue weighted by molar-refractivity contribution is 7.98. The average Bonchev–Trinajstić information content (AvgIpc) is 2.42. The molecule has 1 aromatic heterocycles. The van der Waals surface area contributed by atoms with Gasteiger partial charge in [0.15, 0.2) is 0 Å². The summed E-state index contributed by atoms with van der Waals surface area (Å²) in [5.74, 6) is 0.710. The summed E-state index contributed by atoms with van der Waals surface area (Å²) in [6.07, 6.45) is 1.96. The Kier molecular flexibility index (Phi) is 4.91. The van der Waals surface area contributed by atoms with E-state index in [0.29, 0.717) is 15.9 Å². The van der Waals surface area contributed by atoms with Crippen LogP contribution in [0.4, 0.5) is 5.82 Å². The van der Waals surface area contributed by atoms with E-state index in [1.165, 1.54) is 0 Å². The first-order valence-electron chi connectivity index (χ1n) is 5.70. The van der Waals surface area contributed by atoms with Crippen LogP contribution in [-0.2, 0) is 0 Å². The number of anilines is 1. The van der Waals surface area contributed by atoms with E-state index >= 15 is 0 Å². The van der Waals surface area contributed by atoms with Crippen LogP contribution in [-0.4, -0.2) is 16.5 Å². The van der Waals surface area contributed by atoms with Gasteiger partial charge >= 0.3 is 0 Å². The normalized spacial score (nSPS) is 12.2. The molecule has 2 aromatic rings. The van der Waals surface area contributed by atoms with E-state index in [4.69, 9.17) is 23.2 Å². The zero-order valence-electron chi connectivity index (χ0n) is 10.5. The van der Waals surface area contributed by atoms with Gasteiger partial charge in [-0.05, 0) is 36.9 Å². The van der Waals surface area contributed by atoms with Gasteiger partial charge in [-0.3, -0.25) is 0 Å². The Morgan fingerprint density at radius 1 is 1.16 bits per heavy atom. The smallest absolute Gasteiger partial charge is 0.149 e. The first-order valence-corrected chi connectivity index (χ1v) is 7.68. The van der Waals surface area contributed by atoms with E-state index in [2.05, 4.69) is 15.5 Å². The van der Waals surface area contributed by atoms with Crippen molar-refractivity contribution in [1.82, 2.24) is 10.2 Å². The number of benzene rings is 1. The van der Waals surface area contributed by atoms with Crippen LogP contribution >= 0.6 is 35.0 Å². The number of rotatable bonds is 4. The van der Waals surface area contributed by atoms with Gasteiger partial charge < -0.3 is 5.32 Å². The van der Waals surface area contributed by atoms with Crippen molar-refractivity contribution in [3.63, 3.8) is 0 Å². The zero-order chi connectivity index (χ0) is 13.8. The zero-order valence-corrected chi connectivity index (χ0v) is 12.9. The lowest BCUT2D eigenvalue weighted by Gasteiger charge is -2.16. The standard InChI is InChI=1S/C13H13Cl2N3S/c1-8(9-4-3-5-10(14)13(9)15)16-11-6-7-12(19-2)18-17-11/h3-8H,1-2H3,(H,16,17). The van der Waals surface area contributed by atoms with Gasteiger partial charge in [-0.1, -0.05) is 35.3 Å². The lowest BCUT2D eigenvalue weighted by Crippen LogP contribution is -2.09. The summed E-state index contributed by atoms with van der Waals surface area (Å²) >= 11 is 13.8. The van der Waals surface area contributed by atoms with Crippen LogP contribution in [0.2, 0.25) is 10.0 Å². The van der Waals surface area contributed by atoms with Crippen LogP contribution in [0.5, 0.6) is 0 Å². The fourth-order valence-corrected chi connectivity index (χ4v) is 2.46. The molecule has 0 amide bonds. The molecule has 2 rings (SSSR count). The first kappa shape index (κ1) is 14.4. The SMILES string of the molecule is CSc1ccc(NC(C)c2cccc(Cl)c2Cl)nn1. The highest BCUT2D eigenvalue weighted by atomic mass is 35.5. The van der Waals surface area contributed by atoms with Crippen molar-refractivity contribution < 1.29 is 0 Å². The molecule has 0 aliphatic heterocycles. The highest BCUT2D eigenvalue weighted by Crippen LogP contribution is 2.31. The summed E-state index contributed by atoms with van der Waals surface area (Å²) < 4.78 is 0. The average molecular weight is 314 g/mol. The minimum Gasteiger partial charge on any atom is -0.362 e. The van der Waals surface area contributed by atoms with E-state index in [-0.39, 0.29) is 6.04 Å². The second kappa shape index (κ2) is 6.46. The minimum atomic E-state index is 0.000583. The fraction of sp³-hybridized carbons (Fsp3) is 0.231. The van der Waals surface area contributed by atoms with Gasteiger partial charge in [0.25, 0.3) is 0 Å². The number of hydrogen-bond acceptors (Lipinski definition) is 4. The molecule has 3 nitrogen and oxygen atoms in total. The summed E-state index contributed by atoms with van der Waals surface area (Å²) in [5.41, 5.74) is 0.935. The summed E-state index contributed by atoms with van der Waals surface area (Å²) in [5, 5.41) is 13.4. The Hall–Kier alpha value is -0.970. The molecule has 19 heavy (non-hydrogen) atoms. The third-order valence-electron chi connectivity index (χ3n) is 2.66. The molecule has 100 valence electrons. The Bertz CT molecular complexity index is 560. The highest BCUT2D eigenvalue weighted by Gasteiger charge is 2.12. The third-order valence-corrected chi connectivity index (χ3v) is 4.13. The van der Waals surface area contributed by atoms with Crippen LogP contribution in [0, 0.1) is 0 Å². The van der Waals surface area contributed by atoms with E-state index in [0.717, 1.165) is 10.6 Å². The Labute approximate surface area is 126 Å². The van der Waals surface area contributed by atoms with Crippen LogP contribution in [0.15, 0.2) is 35.4 Å². The second-order valence-corrected chi connectivity index (χ2v) is 5.58. The van der Waals surface area contributed by atoms with Crippen LogP contribution in [0.1, 0.15) is 18.5 Å². The van der Waals surface area contributed by atoms with Crippen molar-refractivity contribution in [2.45, 2.75) is 18.0 Å². The summed E-state index contributed by atoms with van der Waals surface area (Å²) in [6.45, 7) is 2.00. The van der Waals surface area contributed by atoms with Gasteiger partial charge in [-0.25, -0.2) is 0 Å². The summed E-state index contributed by atoms with van der Waals surface area (Å²) in [7, 11) is 0. The lowest BCUT2D eigenvalue weighted by molar-refractivity contribution is 0.845. The molecular formula is C13H13Cl2N3S. The van der Waals surface area contributed by atoms with Gasteiger partial charge in [-0.15, -0.1) is 22.0 Å². The van der Waals surface area contributed by atoms with Crippen LogP contribution < -0.4 is 5.32 Å². The molecule has 1 N–H and O–H groups in total. The van der Waals surface area contributed by atoms with Gasteiger partial charge in [0.05, 0.1) is 16.1 Å². The molecule has 0 bridgehead atoms.